The van der Waals surface area contributed by atoms with Gasteiger partial charge in [0.1, 0.15) is 16.5 Å². The second kappa shape index (κ2) is 6.53. The monoisotopic (exact) mass is 366 g/mol. The third kappa shape index (κ3) is 4.02. The Morgan fingerprint density at radius 1 is 1.12 bits per heavy atom. The van der Waals surface area contributed by atoms with Gasteiger partial charge in [0.2, 0.25) is 10.0 Å². The van der Waals surface area contributed by atoms with Crippen LogP contribution >= 0.6 is 0 Å². The molecule has 0 spiro atoms. The first kappa shape index (κ1) is 17.5. The van der Waals surface area contributed by atoms with Gasteiger partial charge in [-0.1, -0.05) is 0 Å². The molecule has 8 heteroatoms. The minimum absolute atomic E-state index is 0.0127. The molecule has 0 atom stereocenters. The van der Waals surface area contributed by atoms with E-state index in [0.29, 0.717) is 24.1 Å². The van der Waals surface area contributed by atoms with Gasteiger partial charge in [0.15, 0.2) is 0 Å². The number of rotatable bonds is 5. The molecular formula is C17H16F2N2O3S. The van der Waals surface area contributed by atoms with Crippen LogP contribution in [0.25, 0.3) is 0 Å². The van der Waals surface area contributed by atoms with Gasteiger partial charge in [-0.2, -0.15) is 0 Å². The second-order valence-electron chi connectivity index (χ2n) is 5.95. The van der Waals surface area contributed by atoms with E-state index in [4.69, 9.17) is 0 Å². The van der Waals surface area contributed by atoms with Crippen LogP contribution in [0.15, 0.2) is 41.3 Å². The molecule has 2 aromatic rings. The van der Waals surface area contributed by atoms with Gasteiger partial charge in [-0.15, -0.1) is 0 Å². The topological polar surface area (TPSA) is 75.3 Å². The van der Waals surface area contributed by atoms with Crippen molar-refractivity contribution in [2.45, 2.75) is 30.7 Å². The molecule has 0 bridgehead atoms. The lowest BCUT2D eigenvalue weighted by Crippen LogP contribution is -2.27. The van der Waals surface area contributed by atoms with Crippen LogP contribution in [0, 0.1) is 18.6 Å². The summed E-state index contributed by atoms with van der Waals surface area (Å²) in [5.41, 5.74) is 0.885. The van der Waals surface area contributed by atoms with Crippen LogP contribution < -0.4 is 10.0 Å². The molecule has 0 saturated heterocycles. The molecule has 25 heavy (non-hydrogen) atoms. The summed E-state index contributed by atoms with van der Waals surface area (Å²) >= 11 is 0. The first-order valence-corrected chi connectivity index (χ1v) is 9.14. The summed E-state index contributed by atoms with van der Waals surface area (Å²) in [5, 5.41) is 2.56. The van der Waals surface area contributed by atoms with Gasteiger partial charge >= 0.3 is 0 Å². The van der Waals surface area contributed by atoms with E-state index in [0.717, 1.165) is 12.1 Å². The molecule has 1 saturated carbocycles. The highest BCUT2D eigenvalue weighted by Crippen LogP contribution is 2.24. The summed E-state index contributed by atoms with van der Waals surface area (Å²) < 4.78 is 53.8. The number of halogens is 2. The fourth-order valence-corrected chi connectivity index (χ4v) is 3.70. The van der Waals surface area contributed by atoms with Gasteiger partial charge in [-0.05, 0) is 61.7 Å². The van der Waals surface area contributed by atoms with E-state index >= 15 is 0 Å². The number of benzene rings is 2. The number of hydrogen-bond acceptors (Lipinski definition) is 3. The first-order valence-electron chi connectivity index (χ1n) is 7.65. The molecule has 0 radical (unpaired) electrons. The van der Waals surface area contributed by atoms with Gasteiger partial charge in [-0.3, -0.25) is 4.79 Å². The number of anilines is 1. The van der Waals surface area contributed by atoms with Crippen LogP contribution in [0.5, 0.6) is 0 Å². The molecule has 1 amide bonds. The van der Waals surface area contributed by atoms with Gasteiger partial charge in [0.05, 0.1) is 0 Å². The van der Waals surface area contributed by atoms with Crippen LogP contribution in [-0.2, 0) is 10.0 Å². The number of sulfonamides is 1. The van der Waals surface area contributed by atoms with Crippen molar-refractivity contribution in [2.75, 3.05) is 5.32 Å². The Morgan fingerprint density at radius 2 is 1.84 bits per heavy atom. The van der Waals surface area contributed by atoms with Crippen molar-refractivity contribution in [3.8, 4) is 0 Å². The first-order chi connectivity index (χ1) is 11.8. The second-order valence-corrected chi connectivity index (χ2v) is 7.64. The average molecular weight is 366 g/mol. The smallest absolute Gasteiger partial charge is 0.255 e. The minimum atomic E-state index is -4.02. The third-order valence-electron chi connectivity index (χ3n) is 3.82. The van der Waals surface area contributed by atoms with Gasteiger partial charge in [0, 0.05) is 17.3 Å². The van der Waals surface area contributed by atoms with Crippen molar-refractivity contribution in [2.24, 2.45) is 0 Å². The van der Waals surface area contributed by atoms with Crippen molar-refractivity contribution in [3.05, 3.63) is 59.2 Å². The number of carbonyl (C=O) groups excluding carboxylic acids is 1. The molecule has 1 fully saturated rings. The fourth-order valence-electron chi connectivity index (χ4n) is 2.30. The Kier molecular flexibility index (Phi) is 4.57. The van der Waals surface area contributed by atoms with Crippen molar-refractivity contribution in [3.63, 3.8) is 0 Å². The van der Waals surface area contributed by atoms with E-state index in [1.54, 1.807) is 6.92 Å². The van der Waals surface area contributed by atoms with Crippen molar-refractivity contribution in [1.82, 2.24) is 4.72 Å². The van der Waals surface area contributed by atoms with Crippen molar-refractivity contribution >= 4 is 21.6 Å². The van der Waals surface area contributed by atoms with Crippen LogP contribution in [0.3, 0.4) is 0 Å². The maximum absolute atomic E-state index is 13.9. The summed E-state index contributed by atoms with van der Waals surface area (Å²) in [4.78, 5) is 11.8. The average Bonchev–Trinajstić information content (AvgIpc) is 3.33. The molecular weight excluding hydrogens is 350 g/mol. The molecule has 0 aliphatic heterocycles. The Bertz CT molecular complexity index is 941. The van der Waals surface area contributed by atoms with Crippen LogP contribution in [-0.4, -0.2) is 20.4 Å². The largest absolute Gasteiger partial charge is 0.322 e. The number of carbonyl (C=O) groups is 1. The standard InChI is InChI=1S/C17H16F2N2O3S/c1-10-8-12(18)3-7-15(10)20-17(22)11-2-6-14(19)16(9-11)25(23,24)21-13-4-5-13/h2-3,6-9,13,21H,4-5H2,1H3,(H,20,22). The highest BCUT2D eigenvalue weighted by molar-refractivity contribution is 7.89. The quantitative estimate of drug-likeness (QED) is 0.854. The van der Waals surface area contributed by atoms with Crippen molar-refractivity contribution in [1.29, 1.82) is 0 Å². The number of nitrogens with one attached hydrogen (secondary N) is 2. The van der Waals surface area contributed by atoms with E-state index in [9.17, 15) is 22.0 Å². The Hall–Kier alpha value is -2.32. The van der Waals surface area contributed by atoms with Crippen LogP contribution in [0.1, 0.15) is 28.8 Å². The normalized spacial score (nSPS) is 14.4. The molecule has 1 aliphatic carbocycles. The Morgan fingerprint density at radius 3 is 2.48 bits per heavy atom. The predicted octanol–water partition coefficient (Wildman–Crippen LogP) is 2.97. The number of aryl methyl sites for hydroxylation is 1. The summed E-state index contributed by atoms with van der Waals surface area (Å²) in [6.07, 6.45) is 1.43. The lowest BCUT2D eigenvalue weighted by molar-refractivity contribution is 0.102. The van der Waals surface area contributed by atoms with Gasteiger partial charge < -0.3 is 5.32 Å². The SMILES string of the molecule is Cc1cc(F)ccc1NC(=O)c1ccc(F)c(S(=O)(=O)NC2CC2)c1. The van der Waals surface area contributed by atoms with Gasteiger partial charge in [0.25, 0.3) is 5.91 Å². The summed E-state index contributed by atoms with van der Waals surface area (Å²) in [7, 11) is -4.02. The van der Waals surface area contributed by atoms with Crippen LogP contribution in [0.2, 0.25) is 0 Å². The van der Waals surface area contributed by atoms with E-state index < -0.39 is 32.5 Å². The maximum atomic E-state index is 13.9. The minimum Gasteiger partial charge on any atom is -0.322 e. The highest BCUT2D eigenvalue weighted by Gasteiger charge is 2.30. The highest BCUT2D eigenvalue weighted by atomic mass is 32.2. The Balaban J connectivity index is 1.87. The number of amides is 1. The van der Waals surface area contributed by atoms with E-state index in [2.05, 4.69) is 10.0 Å². The predicted molar refractivity (Wildman–Crippen MR) is 88.8 cm³/mol. The van der Waals surface area contributed by atoms with Crippen LogP contribution in [0.4, 0.5) is 14.5 Å². The molecule has 0 unspecified atom stereocenters. The van der Waals surface area contributed by atoms with E-state index in [1.807, 2.05) is 0 Å². The molecule has 5 nitrogen and oxygen atoms in total. The molecule has 2 aromatic carbocycles. The molecule has 132 valence electrons. The molecule has 0 aromatic heterocycles. The molecule has 1 aliphatic rings. The Labute approximate surface area is 144 Å². The zero-order chi connectivity index (χ0) is 18.2. The molecule has 0 heterocycles. The third-order valence-corrected chi connectivity index (χ3v) is 5.35. The number of hydrogen-bond donors (Lipinski definition) is 2. The molecule has 3 rings (SSSR count). The lowest BCUT2D eigenvalue weighted by atomic mass is 10.1. The van der Waals surface area contributed by atoms with E-state index in [1.165, 1.54) is 24.3 Å². The summed E-state index contributed by atoms with van der Waals surface area (Å²) in [5.74, 6) is -1.97. The lowest BCUT2D eigenvalue weighted by Gasteiger charge is -2.11. The molecule has 2 N–H and O–H groups in total. The maximum Gasteiger partial charge on any atom is 0.255 e. The summed E-state index contributed by atoms with van der Waals surface area (Å²) in [6.45, 7) is 1.62. The van der Waals surface area contributed by atoms with Gasteiger partial charge in [-0.25, -0.2) is 21.9 Å². The summed E-state index contributed by atoms with van der Waals surface area (Å²) in [6, 6.07) is 6.81. The van der Waals surface area contributed by atoms with E-state index in [-0.39, 0.29) is 11.6 Å². The fraction of sp³-hybridized carbons (Fsp3) is 0.235. The zero-order valence-corrected chi connectivity index (χ0v) is 14.2. The van der Waals surface area contributed by atoms with Crippen molar-refractivity contribution < 1.29 is 22.0 Å². The zero-order valence-electron chi connectivity index (χ0n) is 13.3.